The molecule has 1 aliphatic rings. The number of thioether (sulfide) groups is 1. The average Bonchev–Trinajstić information content (AvgIpc) is 2.50. The van der Waals surface area contributed by atoms with Crippen molar-refractivity contribution in [3.63, 3.8) is 0 Å². The van der Waals surface area contributed by atoms with Crippen LogP contribution < -0.4 is 0 Å². The van der Waals surface area contributed by atoms with E-state index in [1.54, 1.807) is 11.8 Å². The maximum absolute atomic E-state index is 6.19. The first-order valence-corrected chi connectivity index (χ1v) is 6.38. The van der Waals surface area contributed by atoms with Gasteiger partial charge in [0.1, 0.15) is 0 Å². The summed E-state index contributed by atoms with van der Waals surface area (Å²) in [5.41, 5.74) is 1.09. The van der Waals surface area contributed by atoms with Crippen molar-refractivity contribution in [3.8, 4) is 0 Å². The molecule has 1 nitrogen and oxygen atoms in total. The van der Waals surface area contributed by atoms with Gasteiger partial charge < -0.3 is 0 Å². The molecule has 0 fully saturated rings. The van der Waals surface area contributed by atoms with Gasteiger partial charge in [-0.05, 0) is 25.5 Å². The first kappa shape index (κ1) is 11.3. The van der Waals surface area contributed by atoms with Crippen LogP contribution in [0.25, 0.3) is 0 Å². The minimum absolute atomic E-state index is 0.269. The minimum Gasteiger partial charge on any atom is -0.279 e. The third-order valence-corrected chi connectivity index (χ3v) is 4.59. The van der Waals surface area contributed by atoms with Crippen molar-refractivity contribution in [2.45, 2.75) is 25.1 Å². The summed E-state index contributed by atoms with van der Waals surface area (Å²) in [6.45, 7) is 4.13. The molecule has 80 valence electrons. The van der Waals surface area contributed by atoms with Gasteiger partial charge in [-0.25, -0.2) is 0 Å². The SMILES string of the molecule is CC1=N[C@H](C)C(c2cccc(Cl)c2Cl)S1. The first-order valence-electron chi connectivity index (χ1n) is 4.74. The molecule has 2 atom stereocenters. The van der Waals surface area contributed by atoms with Gasteiger partial charge in [-0.15, -0.1) is 11.8 Å². The van der Waals surface area contributed by atoms with Gasteiger partial charge >= 0.3 is 0 Å². The topological polar surface area (TPSA) is 12.4 Å². The Balaban J connectivity index is 2.36. The van der Waals surface area contributed by atoms with Crippen LogP contribution in [0.2, 0.25) is 10.0 Å². The molecule has 0 spiro atoms. The summed E-state index contributed by atoms with van der Waals surface area (Å²) >= 11 is 13.9. The molecule has 1 aliphatic heterocycles. The highest BCUT2D eigenvalue weighted by Crippen LogP contribution is 2.44. The van der Waals surface area contributed by atoms with Gasteiger partial charge in [0, 0.05) is 0 Å². The maximum atomic E-state index is 6.19. The second-order valence-electron chi connectivity index (χ2n) is 3.57. The summed E-state index contributed by atoms with van der Waals surface area (Å²) in [5.74, 6) is 0. The van der Waals surface area contributed by atoms with Crippen LogP contribution in [0.4, 0.5) is 0 Å². The summed E-state index contributed by atoms with van der Waals surface area (Å²) in [6.07, 6.45) is 0. The zero-order valence-electron chi connectivity index (χ0n) is 8.50. The van der Waals surface area contributed by atoms with Crippen molar-refractivity contribution in [2.24, 2.45) is 4.99 Å². The summed E-state index contributed by atoms with van der Waals surface area (Å²) in [5, 5.41) is 2.69. The number of hydrogen-bond donors (Lipinski definition) is 0. The summed E-state index contributed by atoms with van der Waals surface area (Å²) in [4.78, 5) is 4.50. The fraction of sp³-hybridized carbons (Fsp3) is 0.364. The predicted octanol–water partition coefficient (Wildman–Crippen LogP) is 4.59. The standard InChI is InChI=1S/C11H11Cl2NS/c1-6-11(15-7(2)14-6)8-4-3-5-9(12)10(8)13/h3-6,11H,1-2H3/t6-,11?/m1/s1. The summed E-state index contributed by atoms with van der Waals surface area (Å²) < 4.78 is 0. The van der Waals surface area contributed by atoms with Gasteiger partial charge in [0.15, 0.2) is 0 Å². The molecular formula is C11H11Cl2NS. The predicted molar refractivity (Wildman–Crippen MR) is 69.4 cm³/mol. The molecule has 0 saturated carbocycles. The Labute approximate surface area is 104 Å². The molecule has 0 saturated heterocycles. The smallest absolute Gasteiger partial charge is 0.0655 e. The molecule has 15 heavy (non-hydrogen) atoms. The monoisotopic (exact) mass is 259 g/mol. The third kappa shape index (κ3) is 2.17. The lowest BCUT2D eigenvalue weighted by atomic mass is 10.1. The van der Waals surface area contributed by atoms with Crippen LogP contribution >= 0.6 is 35.0 Å². The van der Waals surface area contributed by atoms with Gasteiger partial charge in [0.25, 0.3) is 0 Å². The van der Waals surface area contributed by atoms with Crippen molar-refractivity contribution in [3.05, 3.63) is 33.8 Å². The van der Waals surface area contributed by atoms with E-state index in [2.05, 4.69) is 11.9 Å². The summed E-state index contributed by atoms with van der Waals surface area (Å²) in [7, 11) is 0. The molecule has 1 aromatic rings. The minimum atomic E-state index is 0.269. The molecule has 2 rings (SSSR count). The van der Waals surface area contributed by atoms with Crippen molar-refractivity contribution >= 4 is 40.0 Å². The molecule has 0 radical (unpaired) electrons. The Kier molecular flexibility index (Phi) is 3.29. The molecule has 0 amide bonds. The lowest BCUT2D eigenvalue weighted by Gasteiger charge is -2.15. The van der Waals surface area contributed by atoms with Gasteiger partial charge in [0.2, 0.25) is 0 Å². The molecule has 1 heterocycles. The maximum Gasteiger partial charge on any atom is 0.0655 e. The quantitative estimate of drug-likeness (QED) is 0.719. The Morgan fingerprint density at radius 3 is 2.67 bits per heavy atom. The van der Waals surface area contributed by atoms with E-state index in [9.17, 15) is 0 Å². The van der Waals surface area contributed by atoms with E-state index in [0.29, 0.717) is 15.3 Å². The van der Waals surface area contributed by atoms with Gasteiger partial charge in [0.05, 0.1) is 26.4 Å². The Morgan fingerprint density at radius 2 is 2.07 bits per heavy atom. The largest absolute Gasteiger partial charge is 0.279 e. The van der Waals surface area contributed by atoms with Crippen LogP contribution in [0.1, 0.15) is 24.7 Å². The van der Waals surface area contributed by atoms with E-state index in [0.717, 1.165) is 10.6 Å². The van der Waals surface area contributed by atoms with Crippen LogP contribution in [0.5, 0.6) is 0 Å². The number of rotatable bonds is 1. The van der Waals surface area contributed by atoms with Gasteiger partial charge in [-0.1, -0.05) is 35.3 Å². The highest BCUT2D eigenvalue weighted by atomic mass is 35.5. The van der Waals surface area contributed by atoms with Crippen molar-refractivity contribution in [2.75, 3.05) is 0 Å². The van der Waals surface area contributed by atoms with E-state index in [1.165, 1.54) is 0 Å². The zero-order chi connectivity index (χ0) is 11.0. The second-order valence-corrected chi connectivity index (χ2v) is 5.69. The highest BCUT2D eigenvalue weighted by molar-refractivity contribution is 8.14. The zero-order valence-corrected chi connectivity index (χ0v) is 10.8. The first-order chi connectivity index (χ1) is 7.09. The van der Waals surface area contributed by atoms with E-state index in [4.69, 9.17) is 23.2 Å². The van der Waals surface area contributed by atoms with Crippen LogP contribution in [0.15, 0.2) is 23.2 Å². The molecule has 0 aromatic heterocycles. The molecule has 1 unspecified atom stereocenters. The van der Waals surface area contributed by atoms with Crippen molar-refractivity contribution < 1.29 is 0 Å². The molecule has 0 N–H and O–H groups in total. The number of benzene rings is 1. The number of halogens is 2. The summed E-state index contributed by atoms with van der Waals surface area (Å²) in [6, 6.07) is 6.04. The Morgan fingerprint density at radius 1 is 1.33 bits per heavy atom. The third-order valence-electron chi connectivity index (χ3n) is 2.41. The molecule has 4 heteroatoms. The second kappa shape index (κ2) is 4.36. The van der Waals surface area contributed by atoms with Gasteiger partial charge in [-0.2, -0.15) is 0 Å². The van der Waals surface area contributed by atoms with Crippen LogP contribution in [0.3, 0.4) is 0 Å². The Bertz CT molecular complexity index is 417. The van der Waals surface area contributed by atoms with Crippen LogP contribution in [0, 0.1) is 0 Å². The van der Waals surface area contributed by atoms with E-state index in [1.807, 2.05) is 25.1 Å². The molecule has 0 bridgehead atoms. The normalized spacial score (nSPS) is 25.5. The van der Waals surface area contributed by atoms with Crippen LogP contribution in [-0.2, 0) is 0 Å². The van der Waals surface area contributed by atoms with E-state index >= 15 is 0 Å². The van der Waals surface area contributed by atoms with Gasteiger partial charge in [-0.3, -0.25) is 4.99 Å². The Hall–Kier alpha value is -0.180. The fourth-order valence-electron chi connectivity index (χ4n) is 1.73. The molecule has 0 aliphatic carbocycles. The lowest BCUT2D eigenvalue weighted by Crippen LogP contribution is -2.05. The average molecular weight is 260 g/mol. The van der Waals surface area contributed by atoms with Crippen molar-refractivity contribution in [1.29, 1.82) is 0 Å². The number of hydrogen-bond acceptors (Lipinski definition) is 2. The number of nitrogens with zero attached hydrogens (tertiary/aromatic N) is 1. The molecule has 1 aromatic carbocycles. The number of aliphatic imine (C=N–C) groups is 1. The van der Waals surface area contributed by atoms with E-state index in [-0.39, 0.29) is 6.04 Å². The molecular weight excluding hydrogens is 249 g/mol. The highest BCUT2D eigenvalue weighted by Gasteiger charge is 2.28. The van der Waals surface area contributed by atoms with Crippen molar-refractivity contribution in [1.82, 2.24) is 0 Å². The van der Waals surface area contributed by atoms with Crippen LogP contribution in [-0.4, -0.2) is 11.1 Å². The van der Waals surface area contributed by atoms with E-state index < -0.39 is 0 Å². The fourth-order valence-corrected chi connectivity index (χ4v) is 3.40. The lowest BCUT2D eigenvalue weighted by molar-refractivity contribution is 0.740.